The maximum Gasteiger partial charge on any atom is 0.243 e. The van der Waals surface area contributed by atoms with Crippen molar-refractivity contribution in [1.29, 1.82) is 0 Å². The lowest BCUT2D eigenvalue weighted by Gasteiger charge is -2.07. The number of halogens is 1. The van der Waals surface area contributed by atoms with Crippen LogP contribution in [0.1, 0.15) is 18.9 Å². The molecule has 1 heterocycles. The summed E-state index contributed by atoms with van der Waals surface area (Å²) in [5.41, 5.74) is 7.00. The summed E-state index contributed by atoms with van der Waals surface area (Å²) in [4.78, 5) is 24.2. The summed E-state index contributed by atoms with van der Waals surface area (Å²) < 4.78 is 12.8. The molecule has 0 saturated carbocycles. The second kappa shape index (κ2) is 6.69. The van der Waals surface area contributed by atoms with Crippen LogP contribution in [0.2, 0.25) is 0 Å². The Morgan fingerprint density at radius 1 is 1.32 bits per heavy atom. The second-order valence-corrected chi connectivity index (χ2v) is 5.96. The number of likely N-dealkylation sites (tertiary alicyclic amines) is 1. The normalized spacial score (nSPS) is 20.0. The molecule has 1 saturated heterocycles. The first-order chi connectivity index (χ1) is 10.4. The maximum absolute atomic E-state index is 12.8. The van der Waals surface area contributed by atoms with Crippen LogP contribution in [0.15, 0.2) is 34.5 Å². The fourth-order valence-electron chi connectivity index (χ4n) is 1.86. The number of amides is 2. The predicted octanol–water partition coefficient (Wildman–Crippen LogP) is 1.35. The van der Waals surface area contributed by atoms with Gasteiger partial charge in [-0.2, -0.15) is 5.10 Å². The van der Waals surface area contributed by atoms with Gasteiger partial charge in [0.1, 0.15) is 11.1 Å². The molecule has 1 aliphatic heterocycles. The van der Waals surface area contributed by atoms with E-state index in [9.17, 15) is 14.0 Å². The number of nitrogens with zero attached hydrogens (tertiary/aromatic N) is 3. The lowest BCUT2D eigenvalue weighted by molar-refractivity contribution is -0.136. The summed E-state index contributed by atoms with van der Waals surface area (Å²) in [5.74, 6) is -0.850. The third kappa shape index (κ3) is 3.70. The van der Waals surface area contributed by atoms with Crippen LogP contribution >= 0.6 is 11.8 Å². The Balaban J connectivity index is 2.03. The number of hydrogen-bond donors (Lipinski definition) is 1. The topological polar surface area (TPSA) is 88.1 Å². The number of nitrogens with two attached hydrogens (primary N) is 1. The van der Waals surface area contributed by atoms with E-state index >= 15 is 0 Å². The van der Waals surface area contributed by atoms with Gasteiger partial charge in [-0.3, -0.25) is 14.5 Å². The van der Waals surface area contributed by atoms with Gasteiger partial charge in [-0.05, 0) is 24.6 Å². The zero-order valence-electron chi connectivity index (χ0n) is 12.1. The summed E-state index contributed by atoms with van der Waals surface area (Å²) in [7, 11) is 1.44. The molecule has 0 spiro atoms. The molecule has 116 valence electrons. The molecule has 2 amide bonds. The van der Waals surface area contributed by atoms with Crippen molar-refractivity contribution < 1.29 is 14.0 Å². The molecule has 0 bridgehead atoms. The molecule has 0 aliphatic carbocycles. The van der Waals surface area contributed by atoms with Gasteiger partial charge in [0.25, 0.3) is 0 Å². The molecule has 0 aromatic heterocycles. The lowest BCUT2D eigenvalue weighted by atomic mass is 10.1. The second-order valence-electron chi connectivity index (χ2n) is 4.73. The van der Waals surface area contributed by atoms with Gasteiger partial charge in [0.05, 0.1) is 5.71 Å². The van der Waals surface area contributed by atoms with E-state index in [0.717, 1.165) is 22.2 Å². The number of carbonyl (C=O) groups is 2. The number of hydrogen-bond acceptors (Lipinski definition) is 5. The van der Waals surface area contributed by atoms with Gasteiger partial charge in [0, 0.05) is 13.5 Å². The number of benzene rings is 1. The first-order valence-electron chi connectivity index (χ1n) is 6.49. The summed E-state index contributed by atoms with van der Waals surface area (Å²) in [6.45, 7) is 1.71. The summed E-state index contributed by atoms with van der Waals surface area (Å²) in [6, 6.07) is 5.83. The van der Waals surface area contributed by atoms with E-state index in [1.807, 2.05) is 0 Å². The van der Waals surface area contributed by atoms with Crippen LogP contribution in [0.25, 0.3) is 0 Å². The average molecular weight is 322 g/mol. The molecule has 8 heteroatoms. The Kier molecular flexibility index (Phi) is 4.92. The van der Waals surface area contributed by atoms with Gasteiger partial charge in [-0.15, -0.1) is 5.10 Å². The predicted molar refractivity (Wildman–Crippen MR) is 84.0 cm³/mol. The van der Waals surface area contributed by atoms with Crippen LogP contribution in [0.3, 0.4) is 0 Å². The Labute approximate surface area is 131 Å². The van der Waals surface area contributed by atoms with Crippen molar-refractivity contribution in [3.63, 3.8) is 0 Å². The number of rotatable bonds is 3. The van der Waals surface area contributed by atoms with Gasteiger partial charge < -0.3 is 5.73 Å². The average Bonchev–Trinajstić information content (AvgIpc) is 2.73. The Hall–Kier alpha value is -2.22. The molecule has 1 aromatic carbocycles. The molecule has 6 nitrogen and oxygen atoms in total. The van der Waals surface area contributed by atoms with Crippen molar-refractivity contribution in [1.82, 2.24) is 4.90 Å². The molecule has 2 rings (SSSR count). The molecular weight excluding hydrogens is 307 g/mol. The molecular formula is C14H15FN4O2S. The maximum atomic E-state index is 12.8. The molecule has 1 fully saturated rings. The summed E-state index contributed by atoms with van der Waals surface area (Å²) in [5, 5.41) is 7.34. The molecule has 1 atom stereocenters. The highest BCUT2D eigenvalue weighted by atomic mass is 32.2. The van der Waals surface area contributed by atoms with Crippen LogP contribution in [0, 0.1) is 5.82 Å². The number of carbonyl (C=O) groups excluding carboxylic acids is 2. The molecule has 0 radical (unpaired) electrons. The van der Waals surface area contributed by atoms with E-state index in [4.69, 9.17) is 5.73 Å². The van der Waals surface area contributed by atoms with E-state index in [1.54, 1.807) is 19.1 Å². The van der Waals surface area contributed by atoms with Crippen molar-refractivity contribution in [3.05, 3.63) is 35.6 Å². The van der Waals surface area contributed by atoms with Gasteiger partial charge >= 0.3 is 0 Å². The van der Waals surface area contributed by atoms with Gasteiger partial charge in [0.2, 0.25) is 11.8 Å². The highest BCUT2D eigenvalue weighted by molar-refractivity contribution is 8.14. The Bertz CT molecular complexity index is 657. The van der Waals surface area contributed by atoms with Crippen LogP contribution in [0.5, 0.6) is 0 Å². The van der Waals surface area contributed by atoms with E-state index in [0.29, 0.717) is 5.71 Å². The Morgan fingerprint density at radius 3 is 2.50 bits per heavy atom. The third-order valence-corrected chi connectivity index (χ3v) is 4.14. The minimum absolute atomic E-state index is 0.0999. The van der Waals surface area contributed by atoms with Crippen LogP contribution < -0.4 is 5.73 Å². The van der Waals surface area contributed by atoms with Crippen LogP contribution in [-0.2, 0) is 9.59 Å². The zero-order valence-corrected chi connectivity index (χ0v) is 12.9. The number of imide groups is 1. The Morgan fingerprint density at radius 2 is 1.95 bits per heavy atom. The highest BCUT2D eigenvalue weighted by Crippen LogP contribution is 2.24. The molecule has 1 aromatic rings. The number of thioether (sulfide) groups is 1. The van der Waals surface area contributed by atoms with E-state index in [2.05, 4.69) is 10.2 Å². The monoisotopic (exact) mass is 322 g/mol. The minimum atomic E-state index is -0.553. The van der Waals surface area contributed by atoms with Crippen LogP contribution in [0.4, 0.5) is 4.39 Å². The van der Waals surface area contributed by atoms with Crippen LogP contribution in [-0.4, -0.2) is 39.9 Å². The summed E-state index contributed by atoms with van der Waals surface area (Å²) in [6.07, 6.45) is 0.108. The van der Waals surface area contributed by atoms with Crippen molar-refractivity contribution >= 4 is 34.5 Å². The van der Waals surface area contributed by atoms with Crippen molar-refractivity contribution in [3.8, 4) is 0 Å². The molecule has 1 aliphatic rings. The fraction of sp³-hybridized carbons (Fsp3) is 0.286. The van der Waals surface area contributed by atoms with Gasteiger partial charge in [-0.1, -0.05) is 23.9 Å². The van der Waals surface area contributed by atoms with E-state index < -0.39 is 5.25 Å². The first kappa shape index (κ1) is 16.2. The van der Waals surface area contributed by atoms with Gasteiger partial charge in [0.15, 0.2) is 5.17 Å². The lowest BCUT2D eigenvalue weighted by Crippen LogP contribution is -2.27. The molecule has 0 unspecified atom stereocenters. The highest BCUT2D eigenvalue weighted by Gasteiger charge is 2.37. The SMILES string of the molecule is C/C(=N/N=C(N)S[C@@H]1CC(=O)N(C)C1=O)c1ccc(F)cc1. The molecule has 22 heavy (non-hydrogen) atoms. The standard InChI is InChI=1S/C14H15FN4O2S/c1-8(9-3-5-10(15)6-4-9)17-18-14(16)22-11-7-12(20)19(2)13(11)21/h3-6,11H,7H2,1-2H3,(H2,16,18)/b17-8-/t11-/m1/s1. The first-order valence-corrected chi connectivity index (χ1v) is 7.37. The smallest absolute Gasteiger partial charge is 0.243 e. The quantitative estimate of drug-likeness (QED) is 0.394. The molecule has 2 N–H and O–H groups in total. The largest absolute Gasteiger partial charge is 0.377 e. The van der Waals surface area contributed by atoms with E-state index in [1.165, 1.54) is 19.2 Å². The van der Waals surface area contributed by atoms with Crippen molar-refractivity contribution in [2.24, 2.45) is 15.9 Å². The van der Waals surface area contributed by atoms with Crippen molar-refractivity contribution in [2.45, 2.75) is 18.6 Å². The van der Waals surface area contributed by atoms with Gasteiger partial charge in [-0.25, -0.2) is 4.39 Å². The fourth-order valence-corrected chi connectivity index (χ4v) is 2.72. The third-order valence-electron chi connectivity index (χ3n) is 3.16. The van der Waals surface area contributed by atoms with Crippen molar-refractivity contribution in [2.75, 3.05) is 7.05 Å². The van der Waals surface area contributed by atoms with E-state index in [-0.39, 0.29) is 29.2 Å². The zero-order chi connectivity index (χ0) is 16.3. The number of amidine groups is 1. The summed E-state index contributed by atoms with van der Waals surface area (Å²) >= 11 is 1.01. The minimum Gasteiger partial charge on any atom is -0.377 e.